The summed E-state index contributed by atoms with van der Waals surface area (Å²) in [5.74, 6) is 0. The number of hydrogen-bond donors (Lipinski definition) is 2. The fourth-order valence-electron chi connectivity index (χ4n) is 2.03. The summed E-state index contributed by atoms with van der Waals surface area (Å²) in [5.41, 5.74) is 0.956. The van der Waals surface area contributed by atoms with Gasteiger partial charge in [-0.2, -0.15) is 12.7 Å². The molecule has 1 fully saturated rings. The van der Waals surface area contributed by atoms with Crippen LogP contribution < -0.4 is 10.0 Å². The van der Waals surface area contributed by atoms with Crippen LogP contribution >= 0.6 is 0 Å². The van der Waals surface area contributed by atoms with Gasteiger partial charge in [-0.05, 0) is 24.6 Å². The summed E-state index contributed by atoms with van der Waals surface area (Å²) in [6.07, 6.45) is 1.09. The molecular formula is C12H19N3O4S2. The van der Waals surface area contributed by atoms with Crippen LogP contribution in [0.4, 0.5) is 5.69 Å². The molecule has 1 aliphatic rings. The maximum Gasteiger partial charge on any atom is 0.301 e. The van der Waals surface area contributed by atoms with Gasteiger partial charge < -0.3 is 5.32 Å². The van der Waals surface area contributed by atoms with Gasteiger partial charge in [-0.1, -0.05) is 6.07 Å². The van der Waals surface area contributed by atoms with Crippen LogP contribution in [0.15, 0.2) is 23.1 Å². The van der Waals surface area contributed by atoms with Gasteiger partial charge in [0.15, 0.2) is 9.84 Å². The summed E-state index contributed by atoms with van der Waals surface area (Å²) < 4.78 is 51.6. The van der Waals surface area contributed by atoms with Crippen LogP contribution in [0.1, 0.15) is 5.56 Å². The zero-order valence-electron chi connectivity index (χ0n) is 12.0. The van der Waals surface area contributed by atoms with Gasteiger partial charge in [-0.3, -0.25) is 4.72 Å². The van der Waals surface area contributed by atoms with Crippen molar-refractivity contribution in [1.82, 2.24) is 9.62 Å². The van der Waals surface area contributed by atoms with Crippen molar-refractivity contribution >= 4 is 25.7 Å². The van der Waals surface area contributed by atoms with Gasteiger partial charge in [-0.15, -0.1) is 0 Å². The number of sulfone groups is 1. The zero-order chi connectivity index (χ0) is 15.7. The van der Waals surface area contributed by atoms with E-state index in [1.165, 1.54) is 16.4 Å². The van der Waals surface area contributed by atoms with Crippen LogP contribution in [-0.2, 0) is 20.0 Å². The molecule has 118 valence electrons. The minimum absolute atomic E-state index is 0.0890. The predicted octanol–water partition coefficient (Wildman–Crippen LogP) is -0.0396. The Morgan fingerprint density at radius 3 is 2.33 bits per heavy atom. The lowest BCUT2D eigenvalue weighted by atomic mass is 10.2. The Labute approximate surface area is 125 Å². The average molecular weight is 333 g/mol. The van der Waals surface area contributed by atoms with E-state index in [1.807, 2.05) is 0 Å². The third-order valence-electron chi connectivity index (χ3n) is 3.29. The molecule has 0 bridgehead atoms. The second-order valence-corrected chi connectivity index (χ2v) is 8.69. The van der Waals surface area contributed by atoms with E-state index in [4.69, 9.17) is 0 Å². The molecule has 0 aliphatic carbocycles. The Morgan fingerprint density at radius 2 is 1.76 bits per heavy atom. The van der Waals surface area contributed by atoms with Gasteiger partial charge >= 0.3 is 10.2 Å². The number of nitrogens with zero attached hydrogens (tertiary/aromatic N) is 1. The highest BCUT2D eigenvalue weighted by atomic mass is 32.2. The third kappa shape index (κ3) is 3.94. The Balaban J connectivity index is 2.30. The van der Waals surface area contributed by atoms with Gasteiger partial charge in [-0.25, -0.2) is 8.42 Å². The van der Waals surface area contributed by atoms with Gasteiger partial charge in [0.05, 0.1) is 10.6 Å². The van der Waals surface area contributed by atoms with E-state index in [2.05, 4.69) is 10.0 Å². The van der Waals surface area contributed by atoms with E-state index in [9.17, 15) is 16.8 Å². The number of hydrogen-bond acceptors (Lipinski definition) is 5. The van der Waals surface area contributed by atoms with Crippen molar-refractivity contribution in [2.45, 2.75) is 11.8 Å². The van der Waals surface area contributed by atoms with Crippen LogP contribution in [0.3, 0.4) is 0 Å². The highest BCUT2D eigenvalue weighted by Gasteiger charge is 2.24. The first-order valence-electron chi connectivity index (χ1n) is 6.49. The predicted molar refractivity (Wildman–Crippen MR) is 81.3 cm³/mol. The molecule has 0 aromatic heterocycles. The first-order chi connectivity index (χ1) is 9.70. The average Bonchev–Trinajstić information content (AvgIpc) is 2.41. The summed E-state index contributed by atoms with van der Waals surface area (Å²) in [6.45, 7) is 3.70. The number of piperazine rings is 1. The molecular weight excluding hydrogens is 314 g/mol. The smallest absolute Gasteiger partial charge is 0.301 e. The molecule has 9 heteroatoms. The lowest BCUT2D eigenvalue weighted by Gasteiger charge is -2.27. The number of rotatable bonds is 4. The lowest BCUT2D eigenvalue weighted by Crippen LogP contribution is -2.48. The molecule has 2 N–H and O–H groups in total. The van der Waals surface area contributed by atoms with Crippen LogP contribution in [0, 0.1) is 6.92 Å². The molecule has 0 radical (unpaired) electrons. The van der Waals surface area contributed by atoms with Gasteiger partial charge in [0.1, 0.15) is 0 Å². The van der Waals surface area contributed by atoms with Crippen molar-refractivity contribution < 1.29 is 16.8 Å². The van der Waals surface area contributed by atoms with Crippen LogP contribution in [0.5, 0.6) is 0 Å². The minimum Gasteiger partial charge on any atom is -0.314 e. The molecule has 1 aromatic rings. The van der Waals surface area contributed by atoms with Gasteiger partial charge in [0.2, 0.25) is 0 Å². The molecule has 0 atom stereocenters. The van der Waals surface area contributed by atoms with E-state index in [0.717, 1.165) is 6.26 Å². The maximum absolute atomic E-state index is 12.3. The number of anilines is 1. The summed E-state index contributed by atoms with van der Waals surface area (Å²) in [7, 11) is -7.05. The Hall–Kier alpha value is -1.16. The lowest BCUT2D eigenvalue weighted by molar-refractivity contribution is 0.362. The molecule has 7 nitrogen and oxygen atoms in total. The van der Waals surface area contributed by atoms with E-state index >= 15 is 0 Å². The Kier molecular flexibility index (Phi) is 4.57. The van der Waals surface area contributed by atoms with Gasteiger partial charge in [0, 0.05) is 32.4 Å². The van der Waals surface area contributed by atoms with E-state index in [1.54, 1.807) is 13.0 Å². The number of nitrogens with one attached hydrogen (secondary N) is 2. The molecule has 21 heavy (non-hydrogen) atoms. The largest absolute Gasteiger partial charge is 0.314 e. The van der Waals surface area contributed by atoms with E-state index in [-0.39, 0.29) is 10.6 Å². The monoisotopic (exact) mass is 333 g/mol. The summed E-state index contributed by atoms with van der Waals surface area (Å²) in [4.78, 5) is 0.0890. The molecule has 0 saturated carbocycles. The number of benzene rings is 1. The minimum atomic E-state index is -3.67. The molecule has 1 saturated heterocycles. The summed E-state index contributed by atoms with van der Waals surface area (Å²) in [6, 6.07) is 4.41. The van der Waals surface area contributed by atoms with Crippen molar-refractivity contribution in [3.8, 4) is 0 Å². The highest BCUT2D eigenvalue weighted by molar-refractivity contribution is 7.91. The molecule has 0 spiro atoms. The second-order valence-electron chi connectivity index (χ2n) is 5.01. The standard InChI is InChI=1S/C12H19N3O4S2/c1-10-3-4-11(20(2,16)17)9-12(10)14-21(18,19)15-7-5-13-6-8-15/h3-4,9,13-14H,5-8H2,1-2H3. The van der Waals surface area contributed by atoms with Crippen LogP contribution in [0.25, 0.3) is 0 Å². The third-order valence-corrected chi connectivity index (χ3v) is 5.93. The van der Waals surface area contributed by atoms with E-state index < -0.39 is 20.0 Å². The number of aryl methyl sites for hydroxylation is 1. The fraction of sp³-hybridized carbons (Fsp3) is 0.500. The molecule has 1 aliphatic heterocycles. The second kappa shape index (κ2) is 5.91. The van der Waals surface area contributed by atoms with Gasteiger partial charge in [0.25, 0.3) is 0 Å². The van der Waals surface area contributed by atoms with Crippen molar-refractivity contribution in [3.05, 3.63) is 23.8 Å². The van der Waals surface area contributed by atoms with Crippen molar-refractivity contribution in [2.24, 2.45) is 0 Å². The molecule has 1 heterocycles. The Bertz CT molecular complexity index is 723. The first kappa shape index (κ1) is 16.2. The zero-order valence-corrected chi connectivity index (χ0v) is 13.6. The molecule has 1 aromatic carbocycles. The summed E-state index contributed by atoms with van der Waals surface area (Å²) >= 11 is 0. The van der Waals surface area contributed by atoms with Crippen molar-refractivity contribution in [2.75, 3.05) is 37.2 Å². The molecule has 0 unspecified atom stereocenters. The van der Waals surface area contributed by atoms with Crippen molar-refractivity contribution in [1.29, 1.82) is 0 Å². The first-order valence-corrected chi connectivity index (χ1v) is 9.82. The topological polar surface area (TPSA) is 95.6 Å². The molecule has 2 rings (SSSR count). The fourth-order valence-corrected chi connectivity index (χ4v) is 3.97. The highest BCUT2D eigenvalue weighted by Crippen LogP contribution is 2.22. The SMILES string of the molecule is Cc1ccc(S(C)(=O)=O)cc1NS(=O)(=O)N1CCNCC1. The van der Waals surface area contributed by atoms with Crippen LogP contribution in [0.2, 0.25) is 0 Å². The van der Waals surface area contributed by atoms with Crippen molar-refractivity contribution in [3.63, 3.8) is 0 Å². The summed E-state index contributed by atoms with van der Waals surface area (Å²) in [5, 5.41) is 3.08. The van der Waals surface area contributed by atoms with Crippen LogP contribution in [-0.4, -0.2) is 53.6 Å². The van der Waals surface area contributed by atoms with E-state index in [0.29, 0.717) is 31.7 Å². The normalized spacial score (nSPS) is 17.6. The Morgan fingerprint density at radius 1 is 1.14 bits per heavy atom. The quantitative estimate of drug-likeness (QED) is 0.806. The maximum atomic E-state index is 12.3. The molecule has 0 amide bonds.